The fourth-order valence-electron chi connectivity index (χ4n) is 4.06. The predicted octanol–water partition coefficient (Wildman–Crippen LogP) is 1.54. The highest BCUT2D eigenvalue weighted by Gasteiger charge is 2.42. The summed E-state index contributed by atoms with van der Waals surface area (Å²) in [5.74, 6) is 0.529. The first-order valence-corrected chi connectivity index (χ1v) is 9.65. The summed E-state index contributed by atoms with van der Waals surface area (Å²) in [6.45, 7) is 2.60. The van der Waals surface area contributed by atoms with Gasteiger partial charge in [-0.25, -0.2) is 0 Å². The van der Waals surface area contributed by atoms with E-state index in [4.69, 9.17) is 0 Å². The third-order valence-electron chi connectivity index (χ3n) is 5.50. The molecule has 0 spiro atoms. The van der Waals surface area contributed by atoms with Crippen LogP contribution in [-0.4, -0.2) is 57.7 Å². The van der Waals surface area contributed by atoms with Crippen LogP contribution in [0.3, 0.4) is 0 Å². The van der Waals surface area contributed by atoms with E-state index in [-0.39, 0.29) is 5.91 Å². The van der Waals surface area contributed by atoms with Gasteiger partial charge in [0.15, 0.2) is 5.60 Å². The first-order chi connectivity index (χ1) is 12.2. The molecule has 1 aliphatic carbocycles. The number of piperidine rings is 1. The summed E-state index contributed by atoms with van der Waals surface area (Å²) in [4.78, 5) is 23.0. The molecule has 1 saturated carbocycles. The van der Waals surface area contributed by atoms with Gasteiger partial charge in [0.05, 0.1) is 5.69 Å². The smallest absolute Gasteiger partial charge is 0.255 e. The van der Waals surface area contributed by atoms with Gasteiger partial charge in [-0.2, -0.15) is 0 Å². The minimum absolute atomic E-state index is 0.0867. The van der Waals surface area contributed by atoms with E-state index in [9.17, 15) is 9.90 Å². The maximum atomic E-state index is 12.8. The highest BCUT2D eigenvalue weighted by atomic mass is 16.3. The molecule has 25 heavy (non-hydrogen) atoms. The van der Waals surface area contributed by atoms with Gasteiger partial charge in [-0.05, 0) is 31.6 Å². The highest BCUT2D eigenvalue weighted by molar-refractivity contribution is 5.86. The normalized spacial score (nSPS) is 25.3. The zero-order valence-electron chi connectivity index (χ0n) is 15.0. The molecule has 138 valence electrons. The Bertz CT molecular complexity index is 548. The van der Waals surface area contributed by atoms with Gasteiger partial charge < -0.3 is 15.3 Å². The van der Waals surface area contributed by atoms with E-state index in [1.807, 2.05) is 4.90 Å². The molecular formula is C19H30N4O2. The van der Waals surface area contributed by atoms with Crippen LogP contribution in [0.1, 0.15) is 50.6 Å². The Morgan fingerprint density at radius 2 is 2.08 bits per heavy atom. The number of carbonyl (C=O) groups is 1. The molecule has 1 unspecified atom stereocenters. The van der Waals surface area contributed by atoms with Crippen LogP contribution in [0.4, 0.5) is 0 Å². The van der Waals surface area contributed by atoms with Crippen LogP contribution in [0.5, 0.6) is 0 Å². The first kappa shape index (κ1) is 18.3. The molecule has 1 amide bonds. The Labute approximate surface area is 150 Å². The van der Waals surface area contributed by atoms with Crippen LogP contribution >= 0.6 is 0 Å². The lowest BCUT2D eigenvalue weighted by molar-refractivity contribution is -0.157. The summed E-state index contributed by atoms with van der Waals surface area (Å²) in [6, 6.07) is 0. The lowest BCUT2D eigenvalue weighted by Crippen LogP contribution is -2.58. The molecule has 1 atom stereocenters. The molecule has 0 bridgehead atoms. The minimum Gasteiger partial charge on any atom is -0.379 e. The third-order valence-corrected chi connectivity index (χ3v) is 5.50. The van der Waals surface area contributed by atoms with E-state index in [1.165, 1.54) is 32.1 Å². The van der Waals surface area contributed by atoms with Crippen molar-refractivity contribution in [2.45, 2.75) is 57.0 Å². The van der Waals surface area contributed by atoms with Gasteiger partial charge in [0.1, 0.15) is 0 Å². The summed E-state index contributed by atoms with van der Waals surface area (Å²) >= 11 is 0. The number of aromatic nitrogens is 2. The molecule has 3 rings (SSSR count). The van der Waals surface area contributed by atoms with Crippen LogP contribution in [0.25, 0.3) is 0 Å². The maximum Gasteiger partial charge on any atom is 0.255 e. The third kappa shape index (κ3) is 4.98. The summed E-state index contributed by atoms with van der Waals surface area (Å²) in [6.07, 6.45) is 13.6. The number of nitrogens with one attached hydrogen (secondary N) is 1. The van der Waals surface area contributed by atoms with Gasteiger partial charge in [0.2, 0.25) is 0 Å². The monoisotopic (exact) mass is 346 g/mol. The fourth-order valence-corrected chi connectivity index (χ4v) is 4.06. The van der Waals surface area contributed by atoms with Crippen molar-refractivity contribution in [2.75, 3.05) is 26.2 Å². The van der Waals surface area contributed by atoms with E-state index < -0.39 is 5.60 Å². The second kappa shape index (κ2) is 8.72. The molecule has 2 aliphatic rings. The van der Waals surface area contributed by atoms with Gasteiger partial charge >= 0.3 is 0 Å². The Morgan fingerprint density at radius 3 is 2.84 bits per heavy atom. The van der Waals surface area contributed by atoms with Crippen LogP contribution < -0.4 is 5.32 Å². The van der Waals surface area contributed by atoms with Crippen molar-refractivity contribution in [2.24, 2.45) is 5.92 Å². The second-order valence-electron chi connectivity index (χ2n) is 7.51. The number of likely N-dealkylation sites (tertiary alicyclic amines) is 1. The Hall–Kier alpha value is -1.53. The Kier molecular flexibility index (Phi) is 6.37. The molecule has 0 radical (unpaired) electrons. The molecule has 2 heterocycles. The number of hydrogen-bond acceptors (Lipinski definition) is 5. The molecule has 1 saturated heterocycles. The van der Waals surface area contributed by atoms with E-state index in [2.05, 4.69) is 15.3 Å². The molecular weight excluding hydrogens is 316 g/mol. The molecule has 1 aliphatic heterocycles. The van der Waals surface area contributed by atoms with Crippen molar-refractivity contribution < 1.29 is 9.90 Å². The van der Waals surface area contributed by atoms with Crippen LogP contribution in [0.15, 0.2) is 18.6 Å². The summed E-state index contributed by atoms with van der Waals surface area (Å²) in [7, 11) is 0. The van der Waals surface area contributed by atoms with Crippen molar-refractivity contribution in [1.29, 1.82) is 0 Å². The van der Waals surface area contributed by atoms with E-state index >= 15 is 0 Å². The van der Waals surface area contributed by atoms with Crippen molar-refractivity contribution in [3.05, 3.63) is 24.3 Å². The van der Waals surface area contributed by atoms with Crippen molar-refractivity contribution in [3.8, 4) is 0 Å². The fraction of sp³-hybridized carbons (Fsp3) is 0.737. The average molecular weight is 346 g/mol. The Morgan fingerprint density at radius 1 is 1.24 bits per heavy atom. The molecule has 6 heteroatoms. The molecule has 6 nitrogen and oxygen atoms in total. The Balaban J connectivity index is 1.46. The average Bonchev–Trinajstić information content (AvgIpc) is 2.65. The highest BCUT2D eigenvalue weighted by Crippen LogP contribution is 2.28. The maximum absolute atomic E-state index is 12.8. The number of nitrogens with zero attached hydrogens (tertiary/aromatic N) is 3. The molecule has 0 aromatic carbocycles. The molecule has 2 fully saturated rings. The second-order valence-corrected chi connectivity index (χ2v) is 7.51. The summed E-state index contributed by atoms with van der Waals surface area (Å²) < 4.78 is 0. The standard InChI is InChI=1S/C19H30N4O2/c24-18-19(25,15-21-9-7-17-13-20-10-11-22-17)8-4-12-23(18)14-16-5-2-1-3-6-16/h10-11,13,16,21,25H,1-9,12,14-15H2. The topological polar surface area (TPSA) is 78.4 Å². The SMILES string of the molecule is O=C1N(CC2CCCCC2)CCCC1(O)CNCCc1cnccn1. The quantitative estimate of drug-likeness (QED) is 0.732. The lowest BCUT2D eigenvalue weighted by Gasteiger charge is -2.40. The van der Waals surface area contributed by atoms with Crippen LogP contribution in [0, 0.1) is 5.92 Å². The van der Waals surface area contributed by atoms with E-state index in [0.717, 1.165) is 31.6 Å². The van der Waals surface area contributed by atoms with Gasteiger partial charge in [-0.1, -0.05) is 19.3 Å². The zero-order valence-corrected chi connectivity index (χ0v) is 15.0. The number of amides is 1. The molecule has 1 aromatic rings. The van der Waals surface area contributed by atoms with E-state index in [1.54, 1.807) is 18.6 Å². The van der Waals surface area contributed by atoms with Crippen molar-refractivity contribution in [3.63, 3.8) is 0 Å². The number of aliphatic hydroxyl groups is 1. The summed E-state index contributed by atoms with van der Waals surface area (Å²) in [5, 5.41) is 14.1. The molecule has 2 N–H and O–H groups in total. The zero-order chi connectivity index (χ0) is 17.5. The van der Waals surface area contributed by atoms with Gasteiger partial charge in [-0.3, -0.25) is 14.8 Å². The lowest BCUT2D eigenvalue weighted by atomic mass is 9.86. The van der Waals surface area contributed by atoms with E-state index in [0.29, 0.717) is 25.4 Å². The number of rotatable bonds is 7. The van der Waals surface area contributed by atoms with Crippen LogP contribution in [-0.2, 0) is 11.2 Å². The van der Waals surface area contributed by atoms with Crippen molar-refractivity contribution >= 4 is 5.91 Å². The number of carbonyl (C=O) groups excluding carboxylic acids is 1. The minimum atomic E-state index is -1.25. The first-order valence-electron chi connectivity index (χ1n) is 9.65. The molecule has 1 aromatic heterocycles. The van der Waals surface area contributed by atoms with Crippen LogP contribution in [0.2, 0.25) is 0 Å². The summed E-state index contributed by atoms with van der Waals surface area (Å²) in [5.41, 5.74) is -0.342. The van der Waals surface area contributed by atoms with Gasteiger partial charge in [0.25, 0.3) is 5.91 Å². The predicted molar refractivity (Wildman–Crippen MR) is 95.9 cm³/mol. The van der Waals surface area contributed by atoms with Gasteiger partial charge in [0, 0.05) is 51.2 Å². The van der Waals surface area contributed by atoms with Gasteiger partial charge in [-0.15, -0.1) is 0 Å². The van der Waals surface area contributed by atoms with Crippen molar-refractivity contribution in [1.82, 2.24) is 20.2 Å². The number of hydrogen-bond donors (Lipinski definition) is 2. The largest absolute Gasteiger partial charge is 0.379 e.